The van der Waals surface area contributed by atoms with Crippen LogP contribution in [0, 0.1) is 11.8 Å². The smallest absolute Gasteiger partial charge is 0.119 e. The number of anilines is 1. The molecule has 0 aliphatic heterocycles. The first-order chi connectivity index (χ1) is 13.8. The second-order valence-corrected chi connectivity index (χ2v) is 6.39. The molecule has 3 heteroatoms. The normalized spacial score (nSPS) is 11.1. The Bertz CT molecular complexity index is 907. The molecule has 3 aromatic carbocycles. The van der Waals surface area contributed by atoms with Crippen molar-refractivity contribution < 1.29 is 9.47 Å². The largest absolute Gasteiger partial charge is 0.497 e. The number of methoxy groups -OCH3 is 2. The molecule has 0 aliphatic rings. The van der Waals surface area contributed by atoms with Crippen molar-refractivity contribution >= 4 is 5.69 Å². The van der Waals surface area contributed by atoms with E-state index in [2.05, 4.69) is 41.4 Å². The molecular weight excluding hydrogens is 346 g/mol. The molecule has 142 valence electrons. The van der Waals surface area contributed by atoms with E-state index in [0.29, 0.717) is 0 Å². The lowest BCUT2D eigenvalue weighted by Crippen LogP contribution is -2.08. The molecule has 0 heterocycles. The summed E-state index contributed by atoms with van der Waals surface area (Å²) in [7, 11) is 3.34. The van der Waals surface area contributed by atoms with E-state index in [0.717, 1.165) is 35.6 Å². The lowest BCUT2D eigenvalue weighted by atomic mass is 10.1. The van der Waals surface area contributed by atoms with Crippen molar-refractivity contribution in [1.82, 2.24) is 0 Å². The fraction of sp³-hybridized carbons (Fsp3) is 0.200. The van der Waals surface area contributed by atoms with Gasteiger partial charge in [-0.15, -0.1) is 5.92 Å². The monoisotopic (exact) mass is 371 g/mol. The van der Waals surface area contributed by atoms with Crippen molar-refractivity contribution in [2.24, 2.45) is 0 Å². The number of nitrogens with one attached hydrogen (secondary N) is 1. The van der Waals surface area contributed by atoms with Crippen LogP contribution in [-0.4, -0.2) is 14.2 Å². The molecule has 28 heavy (non-hydrogen) atoms. The van der Waals surface area contributed by atoms with Crippen LogP contribution < -0.4 is 14.8 Å². The van der Waals surface area contributed by atoms with E-state index < -0.39 is 0 Å². The molecule has 1 atom stereocenters. The van der Waals surface area contributed by atoms with Gasteiger partial charge < -0.3 is 14.8 Å². The minimum absolute atomic E-state index is 0.102. The summed E-state index contributed by atoms with van der Waals surface area (Å²) in [6.45, 7) is 0. The molecule has 0 unspecified atom stereocenters. The van der Waals surface area contributed by atoms with Gasteiger partial charge in [0.25, 0.3) is 0 Å². The molecule has 0 aliphatic carbocycles. The van der Waals surface area contributed by atoms with E-state index in [-0.39, 0.29) is 6.04 Å². The zero-order chi connectivity index (χ0) is 19.6. The van der Waals surface area contributed by atoms with Gasteiger partial charge in [-0.05, 0) is 53.9 Å². The van der Waals surface area contributed by atoms with Crippen LogP contribution in [0.3, 0.4) is 0 Å². The Hall–Kier alpha value is -3.38. The van der Waals surface area contributed by atoms with Gasteiger partial charge in [0.05, 0.1) is 14.2 Å². The van der Waals surface area contributed by atoms with Crippen molar-refractivity contribution in [2.75, 3.05) is 19.5 Å². The molecule has 1 N–H and O–H groups in total. The molecule has 3 rings (SSSR count). The Morgan fingerprint density at radius 2 is 1.39 bits per heavy atom. The van der Waals surface area contributed by atoms with Gasteiger partial charge in [-0.1, -0.05) is 48.4 Å². The zero-order valence-corrected chi connectivity index (χ0v) is 16.3. The van der Waals surface area contributed by atoms with E-state index in [1.165, 1.54) is 5.56 Å². The Morgan fingerprint density at radius 3 is 2.00 bits per heavy atom. The lowest BCUT2D eigenvalue weighted by molar-refractivity contribution is 0.414. The molecule has 0 aromatic heterocycles. The minimum atomic E-state index is -0.102. The first kappa shape index (κ1) is 19.4. The summed E-state index contributed by atoms with van der Waals surface area (Å²) in [4.78, 5) is 0. The van der Waals surface area contributed by atoms with Gasteiger partial charge in [0, 0.05) is 12.1 Å². The van der Waals surface area contributed by atoms with E-state index in [4.69, 9.17) is 9.47 Å². The maximum Gasteiger partial charge on any atom is 0.119 e. The van der Waals surface area contributed by atoms with Crippen LogP contribution in [0.1, 0.15) is 23.6 Å². The molecule has 3 nitrogen and oxygen atoms in total. The molecule has 0 radical (unpaired) electrons. The quantitative estimate of drug-likeness (QED) is 0.557. The topological polar surface area (TPSA) is 30.5 Å². The van der Waals surface area contributed by atoms with Crippen LogP contribution in [-0.2, 0) is 6.42 Å². The SMILES string of the molecule is COc1ccc(N[C@@H](C#CCCc2ccccc2)c2ccc(OC)cc2)cc1. The van der Waals surface area contributed by atoms with E-state index in [1.54, 1.807) is 14.2 Å². The van der Waals surface area contributed by atoms with Gasteiger partial charge >= 0.3 is 0 Å². The van der Waals surface area contributed by atoms with Crippen molar-refractivity contribution in [3.8, 4) is 23.3 Å². The van der Waals surface area contributed by atoms with Crippen LogP contribution in [0.2, 0.25) is 0 Å². The summed E-state index contributed by atoms with van der Waals surface area (Å²) < 4.78 is 10.5. The summed E-state index contributed by atoms with van der Waals surface area (Å²) >= 11 is 0. The summed E-state index contributed by atoms with van der Waals surface area (Å²) in [5.41, 5.74) is 3.41. The molecule has 3 aromatic rings. The second-order valence-electron chi connectivity index (χ2n) is 6.39. The van der Waals surface area contributed by atoms with Crippen LogP contribution in [0.5, 0.6) is 11.5 Å². The van der Waals surface area contributed by atoms with Gasteiger partial charge in [-0.3, -0.25) is 0 Å². The number of hydrogen-bond donors (Lipinski definition) is 1. The minimum Gasteiger partial charge on any atom is -0.497 e. The van der Waals surface area contributed by atoms with Crippen LogP contribution in [0.25, 0.3) is 0 Å². The van der Waals surface area contributed by atoms with Crippen molar-refractivity contribution in [1.29, 1.82) is 0 Å². The second kappa shape index (κ2) is 10.1. The van der Waals surface area contributed by atoms with E-state index in [1.807, 2.05) is 54.6 Å². The highest BCUT2D eigenvalue weighted by Gasteiger charge is 2.09. The van der Waals surface area contributed by atoms with Crippen LogP contribution in [0.15, 0.2) is 78.9 Å². The first-order valence-corrected chi connectivity index (χ1v) is 9.35. The highest BCUT2D eigenvalue weighted by molar-refractivity contribution is 5.50. The van der Waals surface area contributed by atoms with E-state index >= 15 is 0 Å². The summed E-state index contributed by atoms with van der Waals surface area (Å²) in [5, 5.41) is 3.51. The Morgan fingerprint density at radius 1 is 0.786 bits per heavy atom. The molecule has 0 bridgehead atoms. The summed E-state index contributed by atoms with van der Waals surface area (Å²) in [6.07, 6.45) is 1.77. The Labute approximate surface area is 167 Å². The van der Waals surface area contributed by atoms with Gasteiger partial charge in [0.15, 0.2) is 0 Å². The number of aryl methyl sites for hydroxylation is 1. The van der Waals surface area contributed by atoms with Gasteiger partial charge in [0.2, 0.25) is 0 Å². The lowest BCUT2D eigenvalue weighted by Gasteiger charge is -2.16. The number of ether oxygens (including phenoxy) is 2. The maximum atomic E-state index is 5.27. The average Bonchev–Trinajstić information content (AvgIpc) is 2.77. The van der Waals surface area contributed by atoms with Gasteiger partial charge in [-0.2, -0.15) is 0 Å². The molecule has 0 spiro atoms. The van der Waals surface area contributed by atoms with Crippen LogP contribution in [0.4, 0.5) is 5.69 Å². The first-order valence-electron chi connectivity index (χ1n) is 9.35. The molecule has 0 fully saturated rings. The fourth-order valence-electron chi connectivity index (χ4n) is 2.88. The van der Waals surface area contributed by atoms with E-state index in [9.17, 15) is 0 Å². The molecule has 0 saturated heterocycles. The average molecular weight is 371 g/mol. The Kier molecular flexibility index (Phi) is 6.98. The van der Waals surface area contributed by atoms with Crippen molar-refractivity contribution in [3.63, 3.8) is 0 Å². The highest BCUT2D eigenvalue weighted by Crippen LogP contribution is 2.23. The molecule has 0 saturated carbocycles. The van der Waals surface area contributed by atoms with Crippen molar-refractivity contribution in [3.05, 3.63) is 90.0 Å². The summed E-state index contributed by atoms with van der Waals surface area (Å²) in [6, 6.07) is 26.2. The zero-order valence-electron chi connectivity index (χ0n) is 16.3. The summed E-state index contributed by atoms with van der Waals surface area (Å²) in [5.74, 6) is 8.39. The number of rotatable bonds is 7. The van der Waals surface area contributed by atoms with Gasteiger partial charge in [0.1, 0.15) is 17.5 Å². The predicted molar refractivity (Wildman–Crippen MR) is 115 cm³/mol. The third-order valence-electron chi connectivity index (χ3n) is 4.48. The third kappa shape index (κ3) is 5.56. The highest BCUT2D eigenvalue weighted by atomic mass is 16.5. The standard InChI is InChI=1S/C25H25NO2/c1-27-23-16-12-21(13-17-23)25(26-22-14-18-24(28-2)19-15-22)11-7-6-10-20-8-4-3-5-9-20/h3-5,8-9,12-19,25-26H,6,10H2,1-2H3/t25-/m0/s1. The number of hydrogen-bond acceptors (Lipinski definition) is 3. The van der Waals surface area contributed by atoms with Crippen molar-refractivity contribution in [2.45, 2.75) is 18.9 Å². The molecular formula is C25H25NO2. The van der Waals surface area contributed by atoms with Gasteiger partial charge in [-0.25, -0.2) is 0 Å². The van der Waals surface area contributed by atoms with Crippen LogP contribution >= 0.6 is 0 Å². The maximum absolute atomic E-state index is 5.27. The fourth-order valence-corrected chi connectivity index (χ4v) is 2.88. The predicted octanol–water partition coefficient (Wildman–Crippen LogP) is 5.49. The third-order valence-corrected chi connectivity index (χ3v) is 4.48. The number of benzene rings is 3. The molecule has 0 amide bonds. The Balaban J connectivity index is 1.74.